The molecule has 5 aromatic heterocycles. The average Bonchev–Trinajstić information content (AvgIpc) is 3.29. The number of nitrogens with zero attached hydrogens (tertiary/aromatic N) is 5. The van der Waals surface area contributed by atoms with Crippen molar-refractivity contribution >= 4 is 99.5 Å². The highest BCUT2D eigenvalue weighted by molar-refractivity contribution is 6.47. The predicted molar refractivity (Wildman–Crippen MR) is 254 cm³/mol. The normalized spacial score (nSPS) is 10.5. The van der Waals surface area contributed by atoms with E-state index in [0.29, 0.717) is 12.1 Å². The molecule has 0 saturated carbocycles. The molecule has 0 aliphatic rings. The van der Waals surface area contributed by atoms with Gasteiger partial charge in [0.1, 0.15) is 16.0 Å². The van der Waals surface area contributed by atoms with Gasteiger partial charge in [-0.25, -0.2) is 70.8 Å². The summed E-state index contributed by atoms with van der Waals surface area (Å²) in [6.07, 6.45) is -1.80. The monoisotopic (exact) mass is 1190 g/mol. The summed E-state index contributed by atoms with van der Waals surface area (Å²) >= 11 is 32.9. The third kappa shape index (κ3) is 22.9. The SMILES string of the molecule is CC(C)OC(=O)c1cc(Cl)c(Cl)c(Cl)n1.CC(C)OC(=O)c1cc(Cl)c(F)c(F)n1.CC(C)OC(=O)c1cc(F)c(Cl)c(F)n1.CC(C)OC(=O)c1cc(F)c(F)c(Cl)n1.CC(C)OC(=O)c1cc(F)c(F)c(F)n1. The molecule has 5 rings (SSSR count). The molecular formula is C45H40Cl6F9N5O10. The number of rotatable bonds is 10. The summed E-state index contributed by atoms with van der Waals surface area (Å²) in [6, 6.07) is 4.11. The number of hydrogen-bond acceptors (Lipinski definition) is 15. The Morgan fingerprint density at radius 2 is 0.627 bits per heavy atom. The van der Waals surface area contributed by atoms with Crippen LogP contribution < -0.4 is 0 Å². The first-order valence-corrected chi connectivity index (χ1v) is 23.0. The van der Waals surface area contributed by atoms with E-state index in [1.165, 1.54) is 6.07 Å². The van der Waals surface area contributed by atoms with E-state index >= 15 is 0 Å². The van der Waals surface area contributed by atoms with E-state index in [9.17, 15) is 63.5 Å². The van der Waals surface area contributed by atoms with Gasteiger partial charge in [-0.1, -0.05) is 69.6 Å². The lowest BCUT2D eigenvalue weighted by Crippen LogP contribution is -2.14. The van der Waals surface area contributed by atoms with Crippen LogP contribution in [0.15, 0.2) is 30.3 Å². The molecule has 0 aromatic carbocycles. The second-order valence-electron chi connectivity index (χ2n) is 15.2. The maximum absolute atomic E-state index is 12.9. The van der Waals surface area contributed by atoms with Gasteiger partial charge in [0, 0.05) is 18.2 Å². The largest absolute Gasteiger partial charge is 0.458 e. The van der Waals surface area contributed by atoms with Gasteiger partial charge in [0.2, 0.25) is 11.8 Å². The van der Waals surface area contributed by atoms with E-state index in [-0.39, 0.29) is 56.7 Å². The molecule has 75 heavy (non-hydrogen) atoms. The van der Waals surface area contributed by atoms with E-state index < -0.39 is 115 Å². The Morgan fingerprint density at radius 1 is 0.347 bits per heavy atom. The fourth-order valence-corrected chi connectivity index (χ4v) is 5.23. The molecule has 0 fully saturated rings. The number of esters is 5. The molecule has 0 aliphatic carbocycles. The lowest BCUT2D eigenvalue weighted by molar-refractivity contribution is 0.0358. The third-order valence-corrected chi connectivity index (χ3v) is 9.13. The molecule has 0 N–H and O–H groups in total. The molecule has 0 bridgehead atoms. The Kier molecular flexibility index (Phi) is 28.1. The van der Waals surface area contributed by atoms with Gasteiger partial charge in [-0.3, -0.25) is 0 Å². The van der Waals surface area contributed by atoms with Crippen LogP contribution in [0.25, 0.3) is 0 Å². The van der Waals surface area contributed by atoms with Crippen molar-refractivity contribution in [3.05, 3.63) is 142 Å². The number of hydrogen-bond donors (Lipinski definition) is 0. The number of carbonyl (C=O) groups is 5. The van der Waals surface area contributed by atoms with Crippen molar-refractivity contribution in [1.82, 2.24) is 24.9 Å². The van der Waals surface area contributed by atoms with E-state index in [0.717, 1.165) is 12.1 Å². The fourth-order valence-electron chi connectivity index (χ4n) is 4.24. The van der Waals surface area contributed by atoms with Crippen LogP contribution in [-0.2, 0) is 23.7 Å². The first-order valence-electron chi connectivity index (χ1n) is 20.7. The van der Waals surface area contributed by atoms with Gasteiger partial charge in [-0.2, -0.15) is 17.6 Å². The number of halogens is 15. The maximum Gasteiger partial charge on any atom is 0.357 e. The molecule has 30 heteroatoms. The van der Waals surface area contributed by atoms with Crippen molar-refractivity contribution in [2.24, 2.45) is 0 Å². The molecular weight excluding hydrogens is 1150 g/mol. The number of pyridine rings is 5. The van der Waals surface area contributed by atoms with Crippen molar-refractivity contribution in [3.63, 3.8) is 0 Å². The average molecular weight is 1190 g/mol. The summed E-state index contributed by atoms with van der Waals surface area (Å²) in [6.45, 7) is 16.3. The first kappa shape index (κ1) is 67.2. The van der Waals surface area contributed by atoms with Crippen molar-refractivity contribution < 1.29 is 87.2 Å². The van der Waals surface area contributed by atoms with Crippen molar-refractivity contribution in [2.75, 3.05) is 0 Å². The number of ether oxygens (including phenoxy) is 5. The zero-order chi connectivity index (χ0) is 57.9. The zero-order valence-electron chi connectivity index (χ0n) is 40.3. The lowest BCUT2D eigenvalue weighted by atomic mass is 10.3. The first-order chi connectivity index (χ1) is 34.6. The van der Waals surface area contributed by atoms with Gasteiger partial charge in [-0.15, -0.1) is 0 Å². The third-order valence-electron chi connectivity index (χ3n) is 7.12. The summed E-state index contributed by atoms with van der Waals surface area (Å²) in [4.78, 5) is 72.6. The quantitative estimate of drug-likeness (QED) is 0.0554. The maximum atomic E-state index is 12.9. The minimum atomic E-state index is -1.71. The molecule has 0 atom stereocenters. The van der Waals surface area contributed by atoms with Gasteiger partial charge in [0.15, 0.2) is 56.9 Å². The van der Waals surface area contributed by atoms with Gasteiger partial charge in [0.05, 0.1) is 45.6 Å². The van der Waals surface area contributed by atoms with Crippen LogP contribution in [0.4, 0.5) is 39.5 Å². The second-order valence-corrected chi connectivity index (χ2v) is 17.5. The highest BCUT2D eigenvalue weighted by Crippen LogP contribution is 2.29. The molecule has 5 aromatic rings. The van der Waals surface area contributed by atoms with Crippen LogP contribution in [0.1, 0.15) is 122 Å². The minimum Gasteiger partial charge on any atom is -0.458 e. The van der Waals surface area contributed by atoms with Crippen LogP contribution in [0.2, 0.25) is 30.4 Å². The molecule has 0 spiro atoms. The second kappa shape index (κ2) is 31.3. The Balaban J connectivity index is 0.000000469. The molecule has 0 unspecified atom stereocenters. The highest BCUT2D eigenvalue weighted by atomic mass is 35.5. The summed E-state index contributed by atoms with van der Waals surface area (Å²) in [7, 11) is 0. The number of carbonyl (C=O) groups excluding carboxylic acids is 5. The highest BCUT2D eigenvalue weighted by Gasteiger charge is 2.22. The summed E-state index contributed by atoms with van der Waals surface area (Å²) < 4.78 is 138. The van der Waals surface area contributed by atoms with Crippen molar-refractivity contribution in [1.29, 1.82) is 0 Å². The zero-order valence-corrected chi connectivity index (χ0v) is 44.8. The lowest BCUT2D eigenvalue weighted by Gasteiger charge is -2.08. The Hall–Kier alpha value is -5.79. The molecule has 0 amide bonds. The fraction of sp³-hybridized carbons (Fsp3) is 0.333. The van der Waals surface area contributed by atoms with Gasteiger partial charge < -0.3 is 23.7 Å². The summed E-state index contributed by atoms with van der Waals surface area (Å²) in [5, 5.41) is -1.65. The molecule has 5 heterocycles. The summed E-state index contributed by atoms with van der Waals surface area (Å²) in [5.74, 6) is -16.5. The predicted octanol–water partition coefficient (Wildman–Crippen LogP) is 13.4. The molecule has 0 radical (unpaired) electrons. The Morgan fingerprint density at radius 3 is 0.947 bits per heavy atom. The van der Waals surface area contributed by atoms with Crippen LogP contribution in [-0.4, -0.2) is 85.3 Å². The van der Waals surface area contributed by atoms with Crippen molar-refractivity contribution in [3.8, 4) is 0 Å². The molecule has 0 saturated heterocycles. The van der Waals surface area contributed by atoms with E-state index in [1.54, 1.807) is 69.2 Å². The van der Waals surface area contributed by atoms with E-state index in [2.05, 4.69) is 29.7 Å². The van der Waals surface area contributed by atoms with Crippen LogP contribution >= 0.6 is 69.6 Å². The van der Waals surface area contributed by atoms with E-state index in [1.807, 2.05) is 0 Å². The molecule has 15 nitrogen and oxygen atoms in total. The smallest absolute Gasteiger partial charge is 0.357 e. The van der Waals surface area contributed by atoms with Crippen LogP contribution in [0.5, 0.6) is 0 Å². The van der Waals surface area contributed by atoms with Gasteiger partial charge in [-0.05, 0) is 81.4 Å². The Labute approximate surface area is 451 Å². The topological polar surface area (TPSA) is 196 Å². The van der Waals surface area contributed by atoms with Gasteiger partial charge in [0.25, 0.3) is 11.9 Å². The van der Waals surface area contributed by atoms with Crippen LogP contribution in [0, 0.1) is 52.7 Å². The summed E-state index contributed by atoms with van der Waals surface area (Å²) in [5.41, 5.74) is -1.70. The van der Waals surface area contributed by atoms with Crippen molar-refractivity contribution in [2.45, 2.75) is 99.8 Å². The molecule has 0 aliphatic heterocycles. The number of aromatic nitrogens is 5. The standard InChI is InChI=1S/C9H8Cl3NO2.3C9H8ClF2NO2.C9H8F3NO2/c1-4(2)15-9(14)6-3-5(10)7(11)8(12)13-6;1-4(2)15-9(14)6-3-5(11)7(12)8(10)13-6;1-4(2)15-9(14)6-3-5(11)7(10)8(12)13-6;2*1-4(2)15-9(14)6-3-5(10)7(11)8(12)13-6/h5*3-4H,1-2H3. The minimum absolute atomic E-state index is 0.0140. The van der Waals surface area contributed by atoms with Crippen LogP contribution in [0.3, 0.4) is 0 Å². The molecule has 410 valence electrons. The Bertz CT molecular complexity index is 2300. The van der Waals surface area contributed by atoms with E-state index in [4.69, 9.17) is 88.6 Å². The van der Waals surface area contributed by atoms with Gasteiger partial charge >= 0.3 is 29.8 Å².